The molecule has 0 aliphatic rings. The van der Waals surface area contributed by atoms with Crippen LogP contribution in [0.25, 0.3) is 21.8 Å². The van der Waals surface area contributed by atoms with Crippen LogP contribution < -0.4 is 0 Å². The van der Waals surface area contributed by atoms with Crippen molar-refractivity contribution in [1.82, 2.24) is 9.97 Å². The Kier molecular flexibility index (Phi) is 4.42. The summed E-state index contributed by atoms with van der Waals surface area (Å²) in [6.07, 6.45) is 0. The van der Waals surface area contributed by atoms with Crippen LogP contribution in [0.2, 0.25) is 10.0 Å². The normalized spacial score (nSPS) is 11.8. The summed E-state index contributed by atoms with van der Waals surface area (Å²) < 4.78 is 0. The number of rotatable bonds is 3. The van der Waals surface area contributed by atoms with E-state index in [0.29, 0.717) is 10.0 Å². The summed E-state index contributed by atoms with van der Waals surface area (Å²) in [5, 5.41) is 3.74. The van der Waals surface area contributed by atoms with Gasteiger partial charge in [0, 0.05) is 54.7 Å². The number of aromatic nitrogens is 2. The van der Waals surface area contributed by atoms with E-state index in [2.05, 4.69) is 72.3 Å². The summed E-state index contributed by atoms with van der Waals surface area (Å²) in [6.45, 7) is 4.24. The Balaban J connectivity index is 1.93. The van der Waals surface area contributed by atoms with Gasteiger partial charge in [0.25, 0.3) is 0 Å². The number of aromatic amines is 2. The van der Waals surface area contributed by atoms with E-state index < -0.39 is 0 Å². The van der Waals surface area contributed by atoms with Gasteiger partial charge in [-0.05, 0) is 49.2 Å². The molecule has 0 bridgehead atoms. The molecule has 0 aliphatic heterocycles. The number of benzene rings is 3. The highest BCUT2D eigenvalue weighted by molar-refractivity contribution is 6.36. The highest BCUT2D eigenvalue weighted by Crippen LogP contribution is 2.46. The summed E-state index contributed by atoms with van der Waals surface area (Å²) >= 11 is 13.5. The van der Waals surface area contributed by atoms with E-state index in [1.165, 1.54) is 21.9 Å². The van der Waals surface area contributed by atoms with Crippen molar-refractivity contribution in [3.63, 3.8) is 0 Å². The van der Waals surface area contributed by atoms with Crippen LogP contribution in [-0.4, -0.2) is 9.97 Å². The van der Waals surface area contributed by atoms with Crippen LogP contribution in [0.5, 0.6) is 0 Å². The van der Waals surface area contributed by atoms with Gasteiger partial charge in [-0.2, -0.15) is 0 Å². The van der Waals surface area contributed by atoms with Crippen molar-refractivity contribution in [1.29, 1.82) is 0 Å². The first-order valence-corrected chi connectivity index (χ1v) is 10.4. The van der Waals surface area contributed by atoms with E-state index in [1.807, 2.05) is 18.2 Å². The van der Waals surface area contributed by atoms with Gasteiger partial charge < -0.3 is 9.97 Å². The Bertz CT molecular complexity index is 1260. The highest BCUT2D eigenvalue weighted by Gasteiger charge is 2.30. The summed E-state index contributed by atoms with van der Waals surface area (Å²) in [5.74, 6) is -0.0940. The fraction of sp³-hybridized carbons (Fsp3) is 0.120. The van der Waals surface area contributed by atoms with E-state index in [0.717, 1.165) is 28.0 Å². The topological polar surface area (TPSA) is 31.6 Å². The van der Waals surface area contributed by atoms with Crippen molar-refractivity contribution in [2.75, 3.05) is 0 Å². The van der Waals surface area contributed by atoms with Gasteiger partial charge in [-0.15, -0.1) is 0 Å². The Labute approximate surface area is 179 Å². The van der Waals surface area contributed by atoms with Crippen molar-refractivity contribution in [2.45, 2.75) is 19.8 Å². The maximum atomic E-state index is 6.76. The van der Waals surface area contributed by atoms with Crippen molar-refractivity contribution < 1.29 is 0 Å². The fourth-order valence-electron chi connectivity index (χ4n) is 4.56. The number of hydrogen-bond donors (Lipinski definition) is 2. The van der Waals surface area contributed by atoms with Crippen LogP contribution in [0.4, 0.5) is 0 Å². The summed E-state index contributed by atoms with van der Waals surface area (Å²) in [4.78, 5) is 7.10. The first-order valence-electron chi connectivity index (χ1n) is 9.64. The predicted molar refractivity (Wildman–Crippen MR) is 123 cm³/mol. The molecular formula is C25H20Cl2N2. The third-order valence-electron chi connectivity index (χ3n) is 5.75. The molecule has 2 nitrogen and oxygen atoms in total. The minimum Gasteiger partial charge on any atom is -0.358 e. The molecule has 0 radical (unpaired) electrons. The highest BCUT2D eigenvalue weighted by atomic mass is 35.5. The van der Waals surface area contributed by atoms with Crippen molar-refractivity contribution in [3.8, 4) is 0 Å². The van der Waals surface area contributed by atoms with Gasteiger partial charge >= 0.3 is 0 Å². The van der Waals surface area contributed by atoms with E-state index in [-0.39, 0.29) is 5.92 Å². The predicted octanol–water partition coefficient (Wildman–Crippen LogP) is 7.75. The molecule has 4 heteroatoms. The van der Waals surface area contributed by atoms with E-state index in [1.54, 1.807) is 0 Å². The molecule has 2 N–H and O–H groups in total. The average molecular weight is 419 g/mol. The lowest BCUT2D eigenvalue weighted by Gasteiger charge is -2.22. The molecular weight excluding hydrogens is 399 g/mol. The quantitative estimate of drug-likeness (QED) is 0.300. The third kappa shape index (κ3) is 2.87. The zero-order valence-corrected chi connectivity index (χ0v) is 17.7. The molecule has 5 rings (SSSR count). The molecule has 0 unspecified atom stereocenters. The van der Waals surface area contributed by atoms with Crippen LogP contribution in [0.3, 0.4) is 0 Å². The smallest absolute Gasteiger partial charge is 0.0462 e. The zero-order chi connectivity index (χ0) is 20.1. The molecule has 0 fully saturated rings. The lowest BCUT2D eigenvalue weighted by atomic mass is 9.82. The summed E-state index contributed by atoms with van der Waals surface area (Å²) in [7, 11) is 0. The monoisotopic (exact) mass is 418 g/mol. The number of fused-ring (bicyclic) bond motifs is 2. The largest absolute Gasteiger partial charge is 0.358 e. The number of hydrogen-bond acceptors (Lipinski definition) is 0. The number of para-hydroxylation sites is 2. The van der Waals surface area contributed by atoms with Gasteiger partial charge in [0.1, 0.15) is 0 Å². The van der Waals surface area contributed by atoms with Gasteiger partial charge in [-0.25, -0.2) is 0 Å². The van der Waals surface area contributed by atoms with Crippen LogP contribution >= 0.6 is 23.2 Å². The van der Waals surface area contributed by atoms with Crippen LogP contribution in [0.1, 0.15) is 34.0 Å². The Hall–Kier alpha value is -2.68. The van der Waals surface area contributed by atoms with Gasteiger partial charge in [0.15, 0.2) is 0 Å². The van der Waals surface area contributed by atoms with E-state index in [4.69, 9.17) is 23.2 Å². The van der Waals surface area contributed by atoms with Crippen molar-refractivity contribution in [2.24, 2.45) is 0 Å². The first-order chi connectivity index (χ1) is 14.1. The number of nitrogens with one attached hydrogen (secondary N) is 2. The summed E-state index contributed by atoms with van der Waals surface area (Å²) in [5.41, 5.74) is 7.84. The lowest BCUT2D eigenvalue weighted by molar-refractivity contribution is 0.962. The Morgan fingerprint density at radius 1 is 0.586 bits per heavy atom. The molecule has 29 heavy (non-hydrogen) atoms. The Morgan fingerprint density at radius 2 is 1.03 bits per heavy atom. The number of aryl methyl sites for hydroxylation is 2. The van der Waals surface area contributed by atoms with Gasteiger partial charge in [-0.3, -0.25) is 0 Å². The van der Waals surface area contributed by atoms with Gasteiger partial charge in [0.05, 0.1) is 0 Å². The maximum Gasteiger partial charge on any atom is 0.0462 e. The minimum atomic E-state index is -0.0940. The van der Waals surface area contributed by atoms with Crippen LogP contribution in [0.15, 0.2) is 66.7 Å². The van der Waals surface area contributed by atoms with Gasteiger partial charge in [0.2, 0.25) is 0 Å². The molecule has 2 aromatic heterocycles. The third-order valence-corrected chi connectivity index (χ3v) is 6.41. The molecule has 144 valence electrons. The molecule has 3 aromatic carbocycles. The fourth-order valence-corrected chi connectivity index (χ4v) is 5.18. The lowest BCUT2D eigenvalue weighted by Crippen LogP contribution is -2.07. The van der Waals surface area contributed by atoms with Crippen LogP contribution in [-0.2, 0) is 0 Å². The second-order valence-electron chi connectivity index (χ2n) is 7.49. The van der Waals surface area contributed by atoms with Crippen molar-refractivity contribution in [3.05, 3.63) is 105 Å². The molecule has 0 amide bonds. The van der Waals surface area contributed by atoms with E-state index in [9.17, 15) is 0 Å². The SMILES string of the molecule is Cc1[nH]c2ccccc2c1C(c1c(Cl)cccc1Cl)c1c(C)[nH]c2ccccc12. The Morgan fingerprint density at radius 3 is 1.52 bits per heavy atom. The molecule has 0 atom stereocenters. The standard InChI is InChI=1S/C25H20Cl2N2/c1-14-22(16-8-3-5-12-20(16)28-14)25(24-18(26)10-7-11-19(24)27)23-15(2)29-21-13-6-4-9-17(21)23/h3-13,25,28-29H,1-2H3. The molecule has 5 aromatic rings. The molecule has 0 saturated carbocycles. The second-order valence-corrected chi connectivity index (χ2v) is 8.30. The number of H-pyrrole nitrogens is 2. The van der Waals surface area contributed by atoms with Crippen LogP contribution in [0, 0.1) is 13.8 Å². The average Bonchev–Trinajstić information content (AvgIpc) is 3.21. The minimum absolute atomic E-state index is 0.0940. The molecule has 2 heterocycles. The first kappa shape index (κ1) is 18.4. The van der Waals surface area contributed by atoms with Gasteiger partial charge in [-0.1, -0.05) is 65.7 Å². The molecule has 0 spiro atoms. The van der Waals surface area contributed by atoms with Crippen molar-refractivity contribution >= 4 is 45.0 Å². The number of halogens is 2. The maximum absolute atomic E-state index is 6.76. The molecule has 0 saturated heterocycles. The second kappa shape index (κ2) is 6.98. The summed E-state index contributed by atoms with van der Waals surface area (Å²) in [6, 6.07) is 22.5. The molecule has 0 aliphatic carbocycles. The zero-order valence-electron chi connectivity index (χ0n) is 16.2. The van der Waals surface area contributed by atoms with E-state index >= 15 is 0 Å².